The summed E-state index contributed by atoms with van der Waals surface area (Å²) in [5.41, 5.74) is 0.634. The number of esters is 1. The lowest BCUT2D eigenvalue weighted by molar-refractivity contribution is -0.145. The molecule has 0 radical (unpaired) electrons. The molecule has 116 valence electrons. The maximum absolute atomic E-state index is 12.7. The van der Waals surface area contributed by atoms with E-state index in [1.807, 2.05) is 0 Å². The molecule has 2 aliphatic carbocycles. The second-order valence-electron chi connectivity index (χ2n) is 6.08. The highest BCUT2D eigenvalue weighted by Gasteiger charge is 2.67. The van der Waals surface area contributed by atoms with Crippen molar-refractivity contribution in [2.45, 2.75) is 17.4 Å². The Morgan fingerprint density at radius 3 is 2.86 bits per heavy atom. The average Bonchev–Trinajstić information content (AvgIpc) is 3.07. The van der Waals surface area contributed by atoms with Gasteiger partial charge in [-0.05, 0) is 46.5 Å². The van der Waals surface area contributed by atoms with Crippen molar-refractivity contribution in [3.05, 3.63) is 27.7 Å². The molecule has 3 aliphatic rings. The van der Waals surface area contributed by atoms with Crippen molar-refractivity contribution in [2.75, 3.05) is 5.32 Å². The summed E-state index contributed by atoms with van der Waals surface area (Å²) in [5.74, 6) is -0.660. The van der Waals surface area contributed by atoms with Crippen LogP contribution in [-0.4, -0.2) is 22.8 Å². The summed E-state index contributed by atoms with van der Waals surface area (Å²) in [6.45, 7) is 0. The zero-order valence-electron chi connectivity index (χ0n) is 11.3. The van der Waals surface area contributed by atoms with Gasteiger partial charge in [-0.25, -0.2) is 0 Å². The molecule has 1 aromatic carbocycles. The molecule has 1 N–H and O–H groups in total. The molecule has 1 amide bonds. The lowest BCUT2D eigenvalue weighted by atomic mass is 9.79. The standard InChI is InChI=1S/C15H12Br2ClNO3/c16-8-2-1-5(3-9(8)18)19-14(20)10-6-4-7-11(10)15(21)22-13(7)12(6)17/h1-3,6-7,10-13H,4H2,(H,19,20)/t6-,7-,10-,11-,12-,13+/m1/s1. The Morgan fingerprint density at radius 1 is 1.36 bits per heavy atom. The van der Waals surface area contributed by atoms with Crippen LogP contribution in [0, 0.1) is 23.7 Å². The quantitative estimate of drug-likeness (QED) is 0.554. The number of rotatable bonds is 2. The fourth-order valence-corrected chi connectivity index (χ4v) is 5.60. The number of alkyl halides is 1. The highest BCUT2D eigenvalue weighted by molar-refractivity contribution is 9.10. The summed E-state index contributed by atoms with van der Waals surface area (Å²) in [6.07, 6.45) is 0.810. The molecule has 0 spiro atoms. The Kier molecular flexibility index (Phi) is 3.55. The van der Waals surface area contributed by atoms with Gasteiger partial charge in [0.2, 0.25) is 5.91 Å². The van der Waals surface area contributed by atoms with E-state index in [-0.39, 0.29) is 46.5 Å². The first-order valence-electron chi connectivity index (χ1n) is 7.08. The number of ether oxygens (including phenoxy) is 1. The summed E-state index contributed by atoms with van der Waals surface area (Å²) in [5, 5.41) is 3.42. The van der Waals surface area contributed by atoms with Crippen LogP contribution in [0.1, 0.15) is 6.42 Å². The van der Waals surface area contributed by atoms with Gasteiger partial charge in [-0.15, -0.1) is 0 Å². The maximum Gasteiger partial charge on any atom is 0.310 e. The molecule has 22 heavy (non-hydrogen) atoms. The van der Waals surface area contributed by atoms with Crippen molar-refractivity contribution in [1.29, 1.82) is 0 Å². The summed E-state index contributed by atoms with van der Waals surface area (Å²) in [6, 6.07) is 5.26. The van der Waals surface area contributed by atoms with Crippen LogP contribution >= 0.6 is 43.5 Å². The van der Waals surface area contributed by atoms with Gasteiger partial charge in [-0.3, -0.25) is 9.59 Å². The van der Waals surface area contributed by atoms with E-state index in [1.54, 1.807) is 18.2 Å². The van der Waals surface area contributed by atoms with Gasteiger partial charge in [0.15, 0.2) is 0 Å². The maximum atomic E-state index is 12.7. The van der Waals surface area contributed by atoms with Crippen molar-refractivity contribution in [2.24, 2.45) is 23.7 Å². The molecule has 2 saturated carbocycles. The summed E-state index contributed by atoms with van der Waals surface area (Å²) in [7, 11) is 0. The fraction of sp³-hybridized carbons (Fsp3) is 0.467. The highest BCUT2D eigenvalue weighted by Crippen LogP contribution is 2.60. The number of fused-ring (bicyclic) bond motifs is 1. The van der Waals surface area contributed by atoms with Gasteiger partial charge in [-0.2, -0.15) is 0 Å². The highest BCUT2D eigenvalue weighted by atomic mass is 79.9. The molecule has 0 aromatic heterocycles. The van der Waals surface area contributed by atoms with Crippen molar-refractivity contribution in [1.82, 2.24) is 0 Å². The number of carbonyl (C=O) groups excluding carboxylic acids is 2. The first-order valence-corrected chi connectivity index (χ1v) is 9.16. The smallest absolute Gasteiger partial charge is 0.310 e. The number of nitrogens with one attached hydrogen (secondary N) is 1. The molecule has 7 heteroatoms. The molecule has 6 atom stereocenters. The van der Waals surface area contributed by atoms with E-state index < -0.39 is 0 Å². The van der Waals surface area contributed by atoms with Crippen LogP contribution in [0.5, 0.6) is 0 Å². The van der Waals surface area contributed by atoms with E-state index in [0.29, 0.717) is 10.7 Å². The van der Waals surface area contributed by atoms with Crippen molar-refractivity contribution in [3.8, 4) is 0 Å². The number of hydrogen-bond acceptors (Lipinski definition) is 3. The number of carbonyl (C=O) groups is 2. The summed E-state index contributed by atoms with van der Waals surface area (Å²) < 4.78 is 6.20. The minimum atomic E-state index is -0.331. The lowest BCUT2D eigenvalue weighted by Gasteiger charge is -2.27. The minimum absolute atomic E-state index is 0.0614. The van der Waals surface area contributed by atoms with E-state index >= 15 is 0 Å². The van der Waals surface area contributed by atoms with Crippen LogP contribution in [0.15, 0.2) is 22.7 Å². The zero-order chi connectivity index (χ0) is 15.6. The molecule has 2 bridgehead atoms. The zero-order valence-corrected chi connectivity index (χ0v) is 15.2. The monoisotopic (exact) mass is 447 g/mol. The van der Waals surface area contributed by atoms with Gasteiger partial charge in [0.25, 0.3) is 0 Å². The molecule has 1 heterocycles. The van der Waals surface area contributed by atoms with E-state index in [2.05, 4.69) is 37.2 Å². The van der Waals surface area contributed by atoms with E-state index in [4.69, 9.17) is 16.3 Å². The Hall–Kier alpha value is -0.590. The van der Waals surface area contributed by atoms with Gasteiger partial charge in [0.1, 0.15) is 6.10 Å². The van der Waals surface area contributed by atoms with E-state index in [0.717, 1.165) is 10.9 Å². The topological polar surface area (TPSA) is 55.4 Å². The second kappa shape index (κ2) is 5.21. The summed E-state index contributed by atoms with van der Waals surface area (Å²) in [4.78, 5) is 24.8. The molecule has 4 nitrogen and oxygen atoms in total. The number of amides is 1. The van der Waals surface area contributed by atoms with Gasteiger partial charge >= 0.3 is 5.97 Å². The first-order chi connectivity index (χ1) is 10.5. The van der Waals surface area contributed by atoms with Crippen LogP contribution in [0.2, 0.25) is 5.02 Å². The van der Waals surface area contributed by atoms with E-state index in [1.165, 1.54) is 0 Å². The lowest BCUT2D eigenvalue weighted by Crippen LogP contribution is -2.40. The first kappa shape index (κ1) is 15.0. The number of halogens is 3. The second-order valence-corrected chi connectivity index (χ2v) is 8.40. The number of benzene rings is 1. The minimum Gasteiger partial charge on any atom is -0.461 e. The predicted octanol–water partition coefficient (Wildman–Crippen LogP) is 3.61. The van der Waals surface area contributed by atoms with Gasteiger partial charge in [0.05, 0.1) is 21.7 Å². The fourth-order valence-electron chi connectivity index (χ4n) is 4.13. The van der Waals surface area contributed by atoms with Crippen LogP contribution in [0.25, 0.3) is 0 Å². The van der Waals surface area contributed by atoms with Gasteiger partial charge in [0, 0.05) is 16.1 Å². The van der Waals surface area contributed by atoms with Gasteiger partial charge in [-0.1, -0.05) is 27.5 Å². The Bertz CT molecular complexity index is 683. The van der Waals surface area contributed by atoms with Crippen molar-refractivity contribution < 1.29 is 14.3 Å². The molecular formula is C15H12Br2ClNO3. The van der Waals surface area contributed by atoms with Crippen molar-refractivity contribution in [3.63, 3.8) is 0 Å². The molecule has 1 saturated heterocycles. The molecule has 4 rings (SSSR count). The SMILES string of the molecule is O=C(Nc1ccc(Br)c(Cl)c1)[C@@H]1[C@H]2C[C@H]3[C@H](OC(=O)[C@H]31)[C@@H]2Br. The third kappa shape index (κ3) is 2.07. The number of hydrogen-bond donors (Lipinski definition) is 1. The molecule has 1 aliphatic heterocycles. The molecule has 1 aromatic rings. The van der Waals surface area contributed by atoms with Crippen LogP contribution < -0.4 is 5.32 Å². The third-order valence-electron chi connectivity index (χ3n) is 5.01. The van der Waals surface area contributed by atoms with Gasteiger partial charge < -0.3 is 10.1 Å². The van der Waals surface area contributed by atoms with E-state index in [9.17, 15) is 9.59 Å². The molecular weight excluding hydrogens is 437 g/mol. The van der Waals surface area contributed by atoms with Crippen LogP contribution in [0.3, 0.4) is 0 Å². The van der Waals surface area contributed by atoms with Crippen LogP contribution in [0.4, 0.5) is 5.69 Å². The van der Waals surface area contributed by atoms with Crippen LogP contribution in [-0.2, 0) is 14.3 Å². The Morgan fingerprint density at radius 2 is 2.14 bits per heavy atom. The Balaban J connectivity index is 1.58. The average molecular weight is 450 g/mol. The normalized spacial score (nSPS) is 38.2. The Labute approximate surface area is 149 Å². The van der Waals surface area contributed by atoms with Crippen molar-refractivity contribution >= 4 is 61.0 Å². The number of anilines is 1. The third-order valence-corrected chi connectivity index (χ3v) is 7.45. The largest absolute Gasteiger partial charge is 0.461 e. The molecule has 3 fully saturated rings. The predicted molar refractivity (Wildman–Crippen MR) is 89.0 cm³/mol. The summed E-state index contributed by atoms with van der Waals surface area (Å²) >= 11 is 13.0. The molecule has 0 unspecified atom stereocenters.